The second-order valence-corrected chi connectivity index (χ2v) is 5.61. The number of nitrogens with two attached hydrogens (primary N) is 1. The van der Waals surface area contributed by atoms with Crippen molar-refractivity contribution in [1.29, 1.82) is 0 Å². The summed E-state index contributed by atoms with van der Waals surface area (Å²) in [5.74, 6) is -0.0225. The number of hydrogen-bond acceptors (Lipinski definition) is 8. The number of hydrogen-bond donors (Lipinski definition) is 5. The van der Waals surface area contributed by atoms with Gasteiger partial charge in [0.2, 0.25) is 0 Å². The molecule has 2 rings (SSSR count). The van der Waals surface area contributed by atoms with Gasteiger partial charge in [0.15, 0.2) is 6.23 Å². The van der Waals surface area contributed by atoms with E-state index >= 15 is 0 Å². The van der Waals surface area contributed by atoms with E-state index in [-0.39, 0.29) is 5.82 Å². The average Bonchev–Trinajstić information content (AvgIpc) is 2.64. The Balaban J connectivity index is 2.16. The number of aliphatic hydroxyl groups is 2. The van der Waals surface area contributed by atoms with Crippen LogP contribution in [0.4, 0.5) is 5.82 Å². The Labute approximate surface area is 117 Å². The van der Waals surface area contributed by atoms with Crippen molar-refractivity contribution >= 4 is 13.6 Å². The maximum absolute atomic E-state index is 11.6. The van der Waals surface area contributed by atoms with Crippen molar-refractivity contribution in [3.05, 3.63) is 22.7 Å². The Morgan fingerprint density at radius 2 is 2.10 bits per heavy atom. The van der Waals surface area contributed by atoms with Gasteiger partial charge in [0.05, 0.1) is 6.61 Å². The van der Waals surface area contributed by atoms with Crippen molar-refractivity contribution in [1.82, 2.24) is 9.55 Å². The lowest BCUT2D eigenvalue weighted by Crippen LogP contribution is -2.36. The molecule has 0 saturated carbocycles. The molecule has 1 saturated heterocycles. The van der Waals surface area contributed by atoms with Gasteiger partial charge in [0.25, 0.3) is 0 Å². The summed E-state index contributed by atoms with van der Waals surface area (Å²) in [6.45, 7) is -0.657. The molecule has 0 aromatic carbocycles. The lowest BCUT2D eigenvalue weighted by Gasteiger charge is -2.16. The molecule has 0 bridgehead atoms. The molecule has 11 nitrogen and oxygen atoms in total. The molecule has 2 heterocycles. The van der Waals surface area contributed by atoms with Crippen LogP contribution in [0.25, 0.3) is 0 Å². The molecular weight excluding hydrogens is 309 g/mol. The summed E-state index contributed by atoms with van der Waals surface area (Å²) in [6.07, 6.45) is -4.27. The highest BCUT2D eigenvalue weighted by atomic mass is 31.2. The first-order valence-electron chi connectivity index (χ1n) is 5.75. The van der Waals surface area contributed by atoms with Crippen molar-refractivity contribution in [3.8, 4) is 0 Å². The van der Waals surface area contributed by atoms with E-state index in [1.54, 1.807) is 0 Å². The molecule has 12 heteroatoms. The van der Waals surface area contributed by atoms with Crippen molar-refractivity contribution in [3.63, 3.8) is 0 Å². The zero-order valence-electron chi connectivity index (χ0n) is 10.5. The third-order valence-electron chi connectivity index (χ3n) is 2.87. The molecule has 0 aliphatic carbocycles. The van der Waals surface area contributed by atoms with E-state index in [0.717, 1.165) is 4.57 Å². The number of rotatable bonds is 4. The number of nitrogens with zero attached hydrogens (tertiary/aromatic N) is 2. The first-order valence-corrected chi connectivity index (χ1v) is 7.28. The van der Waals surface area contributed by atoms with Crippen molar-refractivity contribution in [2.45, 2.75) is 24.5 Å². The average molecular weight is 323 g/mol. The van der Waals surface area contributed by atoms with Crippen LogP contribution in [0.15, 0.2) is 17.1 Å². The Morgan fingerprint density at radius 1 is 1.43 bits per heavy atom. The van der Waals surface area contributed by atoms with Gasteiger partial charge >= 0.3 is 13.5 Å². The SMILES string of the molecule is Nc1ccn([C@@H]2O[C@H](COP(=O)(O)O)[C@H](O)C2O)c(=O)n1. The zero-order chi connectivity index (χ0) is 15.8. The number of aliphatic hydroxyl groups excluding tert-OH is 2. The predicted molar refractivity (Wildman–Crippen MR) is 66.8 cm³/mol. The van der Waals surface area contributed by atoms with Gasteiger partial charge in [-0.3, -0.25) is 9.09 Å². The fourth-order valence-electron chi connectivity index (χ4n) is 1.89. The van der Waals surface area contributed by atoms with Crippen LogP contribution >= 0.6 is 7.82 Å². The van der Waals surface area contributed by atoms with Crippen molar-refractivity contribution in [2.75, 3.05) is 12.3 Å². The lowest BCUT2D eigenvalue weighted by molar-refractivity contribution is -0.0542. The molecule has 1 aromatic heterocycles. The smallest absolute Gasteiger partial charge is 0.387 e. The van der Waals surface area contributed by atoms with E-state index in [4.69, 9.17) is 20.3 Å². The summed E-state index contributed by atoms with van der Waals surface area (Å²) < 4.78 is 20.9. The summed E-state index contributed by atoms with van der Waals surface area (Å²) >= 11 is 0. The minimum absolute atomic E-state index is 0.0225. The topological polar surface area (TPSA) is 177 Å². The quantitative estimate of drug-likeness (QED) is 0.374. The molecule has 118 valence electrons. The molecule has 1 aromatic rings. The largest absolute Gasteiger partial charge is 0.469 e. The first-order chi connectivity index (χ1) is 9.69. The highest BCUT2D eigenvalue weighted by Crippen LogP contribution is 2.38. The molecule has 1 aliphatic rings. The fourth-order valence-corrected chi connectivity index (χ4v) is 2.23. The third-order valence-corrected chi connectivity index (χ3v) is 3.36. The Morgan fingerprint density at radius 3 is 2.67 bits per heavy atom. The Kier molecular flexibility index (Phi) is 4.44. The second-order valence-electron chi connectivity index (χ2n) is 4.37. The fraction of sp³-hybridized carbons (Fsp3) is 0.556. The standard InChI is InChI=1S/C9H14N3O8P/c10-5-1-2-12(9(15)11-5)8-7(14)6(13)4(20-8)3-19-21(16,17)18/h1-2,4,6-8,13-14H,3H2,(H2,10,11,15)(H2,16,17,18)/t4-,6+,7?,8-/m1/s1. The van der Waals surface area contributed by atoms with Crippen LogP contribution in [0, 0.1) is 0 Å². The van der Waals surface area contributed by atoms with Gasteiger partial charge in [-0.05, 0) is 6.07 Å². The summed E-state index contributed by atoms with van der Waals surface area (Å²) in [4.78, 5) is 32.3. The van der Waals surface area contributed by atoms with Crippen LogP contribution in [0.2, 0.25) is 0 Å². The minimum Gasteiger partial charge on any atom is -0.387 e. The number of ether oxygens (including phenoxy) is 1. The normalized spacial score (nSPS) is 29.7. The summed E-state index contributed by atoms with van der Waals surface area (Å²) in [5.41, 5.74) is 4.52. The van der Waals surface area contributed by atoms with Crippen LogP contribution in [0.5, 0.6) is 0 Å². The molecule has 6 N–H and O–H groups in total. The van der Waals surface area contributed by atoms with E-state index in [2.05, 4.69) is 9.51 Å². The number of phosphoric acid groups is 1. The number of nitrogen functional groups attached to an aromatic ring is 1. The number of phosphoric ester groups is 1. The van der Waals surface area contributed by atoms with Crippen LogP contribution in [-0.2, 0) is 13.8 Å². The van der Waals surface area contributed by atoms with E-state index in [9.17, 15) is 19.6 Å². The molecule has 0 spiro atoms. The molecule has 1 aliphatic heterocycles. The molecule has 0 radical (unpaired) electrons. The van der Waals surface area contributed by atoms with Gasteiger partial charge in [0, 0.05) is 6.20 Å². The summed E-state index contributed by atoms with van der Waals surface area (Å²) in [5, 5.41) is 19.6. The Bertz CT molecular complexity index is 615. The van der Waals surface area contributed by atoms with Crippen molar-refractivity contribution in [2.24, 2.45) is 0 Å². The molecule has 1 fully saturated rings. The molecule has 0 amide bonds. The van der Waals surface area contributed by atoms with E-state index in [1.807, 2.05) is 0 Å². The van der Waals surface area contributed by atoms with E-state index in [1.165, 1.54) is 12.3 Å². The van der Waals surface area contributed by atoms with Gasteiger partial charge < -0.3 is 30.5 Å². The van der Waals surface area contributed by atoms with Gasteiger partial charge in [-0.15, -0.1) is 0 Å². The molecule has 4 atom stereocenters. The predicted octanol–water partition coefficient (Wildman–Crippen LogP) is -2.45. The summed E-state index contributed by atoms with van der Waals surface area (Å²) in [7, 11) is -4.74. The molecule has 21 heavy (non-hydrogen) atoms. The van der Waals surface area contributed by atoms with E-state index in [0.29, 0.717) is 0 Å². The lowest BCUT2D eigenvalue weighted by atomic mass is 10.1. The first kappa shape index (κ1) is 16.0. The van der Waals surface area contributed by atoms with Crippen LogP contribution in [0.1, 0.15) is 6.23 Å². The van der Waals surface area contributed by atoms with Gasteiger partial charge in [-0.25, -0.2) is 9.36 Å². The van der Waals surface area contributed by atoms with Gasteiger partial charge in [0.1, 0.15) is 24.1 Å². The maximum Gasteiger partial charge on any atom is 0.469 e. The summed E-state index contributed by atoms with van der Waals surface area (Å²) in [6, 6.07) is 1.29. The van der Waals surface area contributed by atoms with Crippen molar-refractivity contribution < 1.29 is 33.8 Å². The zero-order valence-corrected chi connectivity index (χ0v) is 11.4. The molecular formula is C9H14N3O8P. The minimum atomic E-state index is -4.74. The van der Waals surface area contributed by atoms with Gasteiger partial charge in [-0.1, -0.05) is 0 Å². The second kappa shape index (κ2) is 5.81. The third kappa shape index (κ3) is 3.66. The maximum atomic E-state index is 11.6. The molecule has 1 unspecified atom stereocenters. The highest BCUT2D eigenvalue weighted by Gasteiger charge is 2.44. The highest BCUT2D eigenvalue weighted by molar-refractivity contribution is 7.46. The van der Waals surface area contributed by atoms with Gasteiger partial charge in [-0.2, -0.15) is 4.98 Å². The van der Waals surface area contributed by atoms with Crippen LogP contribution in [0.3, 0.4) is 0 Å². The monoisotopic (exact) mass is 323 g/mol. The van der Waals surface area contributed by atoms with Crippen LogP contribution < -0.4 is 11.4 Å². The number of anilines is 1. The van der Waals surface area contributed by atoms with E-state index < -0.39 is 44.7 Å². The van der Waals surface area contributed by atoms with Crippen LogP contribution in [-0.4, -0.2) is 54.5 Å². The number of aromatic nitrogens is 2. The Hall–Kier alpha value is -1.33.